The maximum atomic E-state index is 12.2. The lowest BCUT2D eigenvalue weighted by Gasteiger charge is -2.15. The van der Waals surface area contributed by atoms with Crippen LogP contribution < -0.4 is 4.72 Å². The molecule has 0 saturated heterocycles. The molecule has 1 unspecified atom stereocenters. The van der Waals surface area contributed by atoms with E-state index in [1.165, 1.54) is 6.20 Å². The highest BCUT2D eigenvalue weighted by Gasteiger charge is 2.23. The first-order valence-corrected chi connectivity index (χ1v) is 7.60. The summed E-state index contributed by atoms with van der Waals surface area (Å²) in [6.45, 7) is 1.40. The zero-order valence-corrected chi connectivity index (χ0v) is 12.1. The third-order valence-corrected chi connectivity index (χ3v) is 4.39. The van der Waals surface area contributed by atoms with Crippen LogP contribution in [0.2, 0.25) is 0 Å². The molecule has 0 saturated carbocycles. The minimum atomic E-state index is -3.76. The number of imidazole rings is 1. The van der Waals surface area contributed by atoms with E-state index in [1.807, 2.05) is 6.07 Å². The lowest BCUT2D eigenvalue weighted by molar-refractivity contribution is 0.259. The third kappa shape index (κ3) is 3.06. The van der Waals surface area contributed by atoms with Crippen molar-refractivity contribution in [3.63, 3.8) is 0 Å². The van der Waals surface area contributed by atoms with Crippen LogP contribution in [0.4, 0.5) is 0 Å². The molecule has 2 rings (SSSR count). The van der Waals surface area contributed by atoms with Gasteiger partial charge in [-0.3, -0.25) is 0 Å². The van der Waals surface area contributed by atoms with Gasteiger partial charge < -0.3 is 9.67 Å². The molecule has 0 amide bonds. The summed E-state index contributed by atoms with van der Waals surface area (Å²) in [5.41, 5.74) is 0.700. The van der Waals surface area contributed by atoms with Gasteiger partial charge in [0.05, 0.1) is 12.6 Å². The van der Waals surface area contributed by atoms with Gasteiger partial charge >= 0.3 is 0 Å². The smallest absolute Gasteiger partial charge is 0.260 e. The number of sulfonamides is 1. The van der Waals surface area contributed by atoms with Gasteiger partial charge in [0.25, 0.3) is 10.0 Å². The average molecular weight is 295 g/mol. The maximum absolute atomic E-state index is 12.2. The van der Waals surface area contributed by atoms with Crippen molar-refractivity contribution in [2.45, 2.75) is 18.0 Å². The molecule has 0 spiro atoms. The maximum Gasteiger partial charge on any atom is 0.260 e. The Labute approximate surface area is 118 Å². The lowest BCUT2D eigenvalue weighted by Crippen LogP contribution is -2.31. The lowest BCUT2D eigenvalue weighted by atomic mass is 10.1. The Balaban J connectivity index is 2.27. The number of rotatable bonds is 5. The summed E-state index contributed by atoms with van der Waals surface area (Å²) >= 11 is 0. The minimum absolute atomic E-state index is 0.0492. The molecular formula is C13H17N3O3S. The Morgan fingerprint density at radius 1 is 1.35 bits per heavy atom. The van der Waals surface area contributed by atoms with E-state index >= 15 is 0 Å². The van der Waals surface area contributed by atoms with E-state index in [4.69, 9.17) is 0 Å². The predicted octanol–water partition coefficient (Wildman–Crippen LogP) is 0.740. The topological polar surface area (TPSA) is 84.2 Å². The molecule has 1 aromatic heterocycles. The molecule has 0 aliphatic carbocycles. The molecule has 2 N–H and O–H groups in total. The van der Waals surface area contributed by atoms with E-state index in [-0.39, 0.29) is 11.6 Å². The number of nitrogens with zero attached hydrogens (tertiary/aromatic N) is 2. The van der Waals surface area contributed by atoms with E-state index in [2.05, 4.69) is 9.71 Å². The van der Waals surface area contributed by atoms with Gasteiger partial charge in [0.1, 0.15) is 5.82 Å². The molecule has 0 aliphatic heterocycles. The zero-order chi connectivity index (χ0) is 14.8. The number of benzene rings is 1. The Bertz CT molecular complexity index is 661. The highest BCUT2D eigenvalue weighted by Crippen LogP contribution is 2.16. The molecule has 1 heterocycles. The van der Waals surface area contributed by atoms with E-state index in [9.17, 15) is 13.5 Å². The van der Waals surface area contributed by atoms with Gasteiger partial charge in [0.2, 0.25) is 0 Å². The summed E-state index contributed by atoms with van der Waals surface area (Å²) in [5.74, 6) is 0.602. The van der Waals surface area contributed by atoms with E-state index in [1.54, 1.807) is 42.8 Å². The molecule has 1 atom stereocenters. The van der Waals surface area contributed by atoms with Crippen molar-refractivity contribution in [1.82, 2.24) is 14.3 Å². The first-order chi connectivity index (χ1) is 9.44. The first kappa shape index (κ1) is 14.7. The summed E-state index contributed by atoms with van der Waals surface area (Å²) in [6, 6.07) is 8.23. The van der Waals surface area contributed by atoms with Crippen molar-refractivity contribution in [2.75, 3.05) is 6.61 Å². The molecule has 0 aliphatic rings. The Hall–Kier alpha value is -1.70. The van der Waals surface area contributed by atoms with Crippen molar-refractivity contribution < 1.29 is 13.5 Å². The summed E-state index contributed by atoms with van der Waals surface area (Å²) in [6.07, 6.45) is 1.44. The fourth-order valence-electron chi connectivity index (χ4n) is 1.80. The van der Waals surface area contributed by atoms with Gasteiger partial charge in [-0.1, -0.05) is 30.3 Å². The fraction of sp³-hybridized carbons (Fsp3) is 0.308. The number of aryl methyl sites for hydroxylation is 2. The number of aliphatic hydroxyl groups is 1. The second-order valence-electron chi connectivity index (χ2n) is 4.50. The molecular weight excluding hydrogens is 278 g/mol. The van der Waals surface area contributed by atoms with Gasteiger partial charge in [-0.25, -0.2) is 13.4 Å². The third-order valence-electron chi connectivity index (χ3n) is 3.04. The standard InChI is InChI=1S/C13H17N3O3S/c1-10-14-13(8-16(10)2)20(18,19)15-12(9-17)11-6-4-3-5-7-11/h3-8,12,15,17H,9H2,1-2H3. The molecule has 0 radical (unpaired) electrons. The van der Waals surface area contributed by atoms with E-state index < -0.39 is 16.1 Å². The number of aliphatic hydroxyl groups excluding tert-OH is 1. The Morgan fingerprint density at radius 2 is 2.00 bits per heavy atom. The summed E-state index contributed by atoms with van der Waals surface area (Å²) in [5, 5.41) is 9.35. The van der Waals surface area contributed by atoms with Crippen LogP contribution in [0.15, 0.2) is 41.6 Å². The van der Waals surface area contributed by atoms with Crippen LogP contribution in [0.3, 0.4) is 0 Å². The van der Waals surface area contributed by atoms with Crippen molar-refractivity contribution in [1.29, 1.82) is 0 Å². The largest absolute Gasteiger partial charge is 0.394 e. The Morgan fingerprint density at radius 3 is 2.50 bits per heavy atom. The predicted molar refractivity (Wildman–Crippen MR) is 74.5 cm³/mol. The fourth-order valence-corrected chi connectivity index (χ4v) is 3.05. The van der Waals surface area contributed by atoms with Gasteiger partial charge in [-0.05, 0) is 12.5 Å². The van der Waals surface area contributed by atoms with Crippen LogP contribution in [-0.4, -0.2) is 29.7 Å². The van der Waals surface area contributed by atoms with Crippen LogP contribution in [0.5, 0.6) is 0 Å². The van der Waals surface area contributed by atoms with Crippen LogP contribution >= 0.6 is 0 Å². The first-order valence-electron chi connectivity index (χ1n) is 6.12. The molecule has 7 heteroatoms. The molecule has 20 heavy (non-hydrogen) atoms. The number of aromatic nitrogens is 2. The zero-order valence-electron chi connectivity index (χ0n) is 11.3. The quantitative estimate of drug-likeness (QED) is 0.852. The SMILES string of the molecule is Cc1nc(S(=O)(=O)NC(CO)c2ccccc2)cn1C. The van der Waals surface area contributed by atoms with Crippen molar-refractivity contribution in [2.24, 2.45) is 7.05 Å². The van der Waals surface area contributed by atoms with E-state index in [0.29, 0.717) is 11.4 Å². The minimum Gasteiger partial charge on any atom is -0.394 e. The summed E-state index contributed by atoms with van der Waals surface area (Å²) in [7, 11) is -2.04. The van der Waals surface area contributed by atoms with Crippen LogP contribution in [0.1, 0.15) is 17.4 Å². The van der Waals surface area contributed by atoms with Gasteiger partial charge in [0.15, 0.2) is 5.03 Å². The number of nitrogens with one attached hydrogen (secondary N) is 1. The van der Waals surface area contributed by atoms with Gasteiger partial charge in [-0.2, -0.15) is 4.72 Å². The monoisotopic (exact) mass is 295 g/mol. The average Bonchev–Trinajstić information content (AvgIpc) is 2.78. The molecule has 2 aromatic rings. The molecule has 108 valence electrons. The second kappa shape index (κ2) is 5.74. The number of hydrogen-bond acceptors (Lipinski definition) is 4. The van der Waals surface area contributed by atoms with Crippen LogP contribution in [-0.2, 0) is 17.1 Å². The highest BCUT2D eigenvalue weighted by atomic mass is 32.2. The highest BCUT2D eigenvalue weighted by molar-refractivity contribution is 7.89. The molecule has 0 bridgehead atoms. The number of hydrogen-bond donors (Lipinski definition) is 2. The molecule has 6 nitrogen and oxygen atoms in total. The Kier molecular flexibility index (Phi) is 4.22. The molecule has 1 aromatic carbocycles. The van der Waals surface area contributed by atoms with Crippen molar-refractivity contribution >= 4 is 10.0 Å². The summed E-state index contributed by atoms with van der Waals surface area (Å²) in [4.78, 5) is 3.99. The molecule has 0 fully saturated rings. The van der Waals surface area contributed by atoms with Crippen LogP contribution in [0, 0.1) is 6.92 Å². The van der Waals surface area contributed by atoms with Crippen LogP contribution in [0.25, 0.3) is 0 Å². The van der Waals surface area contributed by atoms with Gasteiger partial charge in [-0.15, -0.1) is 0 Å². The summed E-state index contributed by atoms with van der Waals surface area (Å²) < 4.78 is 28.6. The van der Waals surface area contributed by atoms with E-state index in [0.717, 1.165) is 0 Å². The van der Waals surface area contributed by atoms with Crippen molar-refractivity contribution in [3.8, 4) is 0 Å². The normalized spacial score (nSPS) is 13.3. The van der Waals surface area contributed by atoms with Gasteiger partial charge in [0, 0.05) is 13.2 Å². The van der Waals surface area contributed by atoms with Crippen molar-refractivity contribution in [3.05, 3.63) is 47.9 Å². The second-order valence-corrected chi connectivity index (χ2v) is 6.17.